The second-order valence-corrected chi connectivity index (χ2v) is 6.00. The Morgan fingerprint density at radius 1 is 1.04 bits per heavy atom. The quantitative estimate of drug-likeness (QED) is 0.753. The van der Waals surface area contributed by atoms with Crippen molar-refractivity contribution in [3.63, 3.8) is 0 Å². The van der Waals surface area contributed by atoms with E-state index < -0.39 is 23.6 Å². The molecule has 5 nitrogen and oxygen atoms in total. The molecule has 0 spiro atoms. The number of nitrogens with zero attached hydrogens (tertiary/aromatic N) is 2. The van der Waals surface area contributed by atoms with Crippen LogP contribution < -0.4 is 5.32 Å². The second-order valence-electron chi connectivity index (χ2n) is 6.00. The lowest BCUT2D eigenvalue weighted by atomic mass is 10.1. The zero-order valence-electron chi connectivity index (χ0n) is 14.3. The van der Waals surface area contributed by atoms with E-state index in [1.807, 2.05) is 13.8 Å². The number of nitrogens with one attached hydrogen (secondary N) is 1. The van der Waals surface area contributed by atoms with Gasteiger partial charge in [0.15, 0.2) is 11.6 Å². The molecule has 1 aromatic heterocycles. The van der Waals surface area contributed by atoms with Crippen LogP contribution in [0.1, 0.15) is 33.4 Å². The summed E-state index contributed by atoms with van der Waals surface area (Å²) >= 11 is 0. The first-order chi connectivity index (χ1) is 12.3. The largest absolute Gasteiger partial charge is 0.387 e. The number of fused-ring (bicyclic) bond motifs is 1. The molecule has 1 atom stereocenters. The van der Waals surface area contributed by atoms with Crippen LogP contribution in [-0.4, -0.2) is 27.5 Å². The Kier molecular flexibility index (Phi) is 4.90. The predicted molar refractivity (Wildman–Crippen MR) is 92.7 cm³/mol. The summed E-state index contributed by atoms with van der Waals surface area (Å²) in [7, 11) is 0. The average Bonchev–Trinajstić information content (AvgIpc) is 2.62. The molecular formula is C19H17F2N3O2. The number of hydrogen-bond donors (Lipinski definition) is 2. The summed E-state index contributed by atoms with van der Waals surface area (Å²) in [5, 5.41) is 12.6. The zero-order chi connectivity index (χ0) is 18.8. The smallest absolute Gasteiger partial charge is 0.251 e. The average molecular weight is 357 g/mol. The van der Waals surface area contributed by atoms with E-state index in [-0.39, 0.29) is 12.1 Å². The highest BCUT2D eigenvalue weighted by molar-refractivity contribution is 5.97. The van der Waals surface area contributed by atoms with Gasteiger partial charge in [0.05, 0.1) is 28.5 Å². The van der Waals surface area contributed by atoms with Gasteiger partial charge < -0.3 is 10.4 Å². The molecule has 26 heavy (non-hydrogen) atoms. The first kappa shape index (κ1) is 17.9. The molecule has 2 aromatic carbocycles. The van der Waals surface area contributed by atoms with E-state index in [0.717, 1.165) is 23.5 Å². The molecule has 0 aliphatic carbocycles. The highest BCUT2D eigenvalue weighted by atomic mass is 19.2. The van der Waals surface area contributed by atoms with Crippen LogP contribution in [0.4, 0.5) is 8.78 Å². The van der Waals surface area contributed by atoms with Crippen molar-refractivity contribution in [3.8, 4) is 0 Å². The van der Waals surface area contributed by atoms with E-state index in [1.165, 1.54) is 6.07 Å². The Balaban J connectivity index is 1.72. The minimum absolute atomic E-state index is 0.138. The van der Waals surface area contributed by atoms with Crippen LogP contribution in [0.3, 0.4) is 0 Å². The molecule has 1 amide bonds. The van der Waals surface area contributed by atoms with Gasteiger partial charge in [-0.2, -0.15) is 0 Å². The number of carbonyl (C=O) groups is 1. The van der Waals surface area contributed by atoms with Crippen molar-refractivity contribution in [1.29, 1.82) is 0 Å². The lowest BCUT2D eigenvalue weighted by Gasteiger charge is -2.13. The highest BCUT2D eigenvalue weighted by Crippen LogP contribution is 2.17. The van der Waals surface area contributed by atoms with Crippen molar-refractivity contribution in [3.05, 3.63) is 70.5 Å². The SMILES string of the molecule is Cc1nc2ccc(C(=O)NCC(O)c3ccc(F)c(F)c3)cc2nc1C. The fourth-order valence-corrected chi connectivity index (χ4v) is 2.50. The standard InChI is InChI=1S/C19H17F2N3O2/c1-10-11(2)24-17-8-13(4-6-16(17)23-10)19(26)22-9-18(25)12-3-5-14(20)15(21)7-12/h3-8,18,25H,9H2,1-2H3,(H,22,26). The number of halogens is 2. The second kappa shape index (κ2) is 7.13. The lowest BCUT2D eigenvalue weighted by Crippen LogP contribution is -2.28. The molecule has 0 fully saturated rings. The van der Waals surface area contributed by atoms with Crippen molar-refractivity contribution in [2.75, 3.05) is 6.54 Å². The van der Waals surface area contributed by atoms with Gasteiger partial charge in [-0.05, 0) is 49.7 Å². The van der Waals surface area contributed by atoms with Crippen molar-refractivity contribution in [2.24, 2.45) is 0 Å². The number of aliphatic hydroxyl groups is 1. The van der Waals surface area contributed by atoms with E-state index in [1.54, 1.807) is 18.2 Å². The van der Waals surface area contributed by atoms with Crippen LogP contribution in [0, 0.1) is 25.5 Å². The summed E-state index contributed by atoms with van der Waals surface area (Å²) in [4.78, 5) is 21.1. The van der Waals surface area contributed by atoms with E-state index >= 15 is 0 Å². The van der Waals surface area contributed by atoms with Gasteiger partial charge >= 0.3 is 0 Å². The van der Waals surface area contributed by atoms with E-state index in [9.17, 15) is 18.7 Å². The molecule has 0 aliphatic heterocycles. The van der Waals surface area contributed by atoms with Crippen LogP contribution >= 0.6 is 0 Å². The molecule has 0 bridgehead atoms. The number of aryl methyl sites for hydroxylation is 2. The van der Waals surface area contributed by atoms with Crippen LogP contribution in [0.15, 0.2) is 36.4 Å². The van der Waals surface area contributed by atoms with Gasteiger partial charge in [0.2, 0.25) is 0 Å². The molecule has 134 valence electrons. The first-order valence-electron chi connectivity index (χ1n) is 8.01. The maximum atomic E-state index is 13.2. The maximum Gasteiger partial charge on any atom is 0.251 e. The fourth-order valence-electron chi connectivity index (χ4n) is 2.50. The Labute approximate surface area is 148 Å². The first-order valence-corrected chi connectivity index (χ1v) is 8.01. The number of aromatic nitrogens is 2. The number of amides is 1. The summed E-state index contributed by atoms with van der Waals surface area (Å²) in [5.74, 6) is -2.45. The number of benzene rings is 2. The van der Waals surface area contributed by atoms with Crippen LogP contribution in [0.25, 0.3) is 11.0 Å². The van der Waals surface area contributed by atoms with Crippen molar-refractivity contribution in [1.82, 2.24) is 15.3 Å². The minimum atomic E-state index is -1.15. The van der Waals surface area contributed by atoms with Crippen molar-refractivity contribution >= 4 is 16.9 Å². The Bertz CT molecular complexity index is 992. The van der Waals surface area contributed by atoms with Crippen LogP contribution in [0.2, 0.25) is 0 Å². The summed E-state index contributed by atoms with van der Waals surface area (Å²) in [5.41, 5.74) is 3.44. The summed E-state index contributed by atoms with van der Waals surface area (Å²) < 4.78 is 26.2. The number of carbonyl (C=O) groups excluding carboxylic acids is 1. The summed E-state index contributed by atoms with van der Waals surface area (Å²) in [6.07, 6.45) is -1.15. The normalized spacial score (nSPS) is 12.2. The number of hydrogen-bond acceptors (Lipinski definition) is 4. The van der Waals surface area contributed by atoms with E-state index in [4.69, 9.17) is 0 Å². The third-order valence-corrected chi connectivity index (χ3v) is 4.12. The molecule has 0 saturated heterocycles. The summed E-state index contributed by atoms with van der Waals surface area (Å²) in [6, 6.07) is 8.05. The van der Waals surface area contributed by atoms with Gasteiger partial charge in [-0.15, -0.1) is 0 Å². The molecule has 7 heteroatoms. The van der Waals surface area contributed by atoms with Crippen LogP contribution in [0.5, 0.6) is 0 Å². The van der Waals surface area contributed by atoms with Gasteiger partial charge in [-0.3, -0.25) is 4.79 Å². The van der Waals surface area contributed by atoms with Gasteiger partial charge in [0.1, 0.15) is 0 Å². The molecular weight excluding hydrogens is 340 g/mol. The van der Waals surface area contributed by atoms with Gasteiger partial charge in [-0.25, -0.2) is 18.7 Å². The summed E-state index contributed by atoms with van der Waals surface area (Å²) in [6.45, 7) is 3.56. The van der Waals surface area contributed by atoms with Gasteiger partial charge in [0.25, 0.3) is 5.91 Å². The topological polar surface area (TPSA) is 75.1 Å². The molecule has 0 saturated carbocycles. The van der Waals surface area contributed by atoms with Crippen LogP contribution in [-0.2, 0) is 0 Å². The Morgan fingerprint density at radius 3 is 2.42 bits per heavy atom. The highest BCUT2D eigenvalue weighted by Gasteiger charge is 2.14. The van der Waals surface area contributed by atoms with Crippen molar-refractivity contribution in [2.45, 2.75) is 20.0 Å². The third kappa shape index (κ3) is 3.67. The molecule has 3 rings (SSSR count). The van der Waals surface area contributed by atoms with Gasteiger partial charge in [-0.1, -0.05) is 6.07 Å². The molecule has 0 radical (unpaired) electrons. The van der Waals surface area contributed by atoms with Gasteiger partial charge in [0, 0.05) is 12.1 Å². The van der Waals surface area contributed by atoms with E-state index in [2.05, 4.69) is 15.3 Å². The Hall–Kier alpha value is -2.93. The number of aliphatic hydroxyl groups excluding tert-OH is 1. The Morgan fingerprint density at radius 2 is 1.73 bits per heavy atom. The molecule has 2 N–H and O–H groups in total. The zero-order valence-corrected chi connectivity index (χ0v) is 14.3. The fraction of sp³-hybridized carbons (Fsp3) is 0.211. The number of rotatable bonds is 4. The maximum absolute atomic E-state index is 13.2. The third-order valence-electron chi connectivity index (χ3n) is 4.12. The molecule has 3 aromatic rings. The van der Waals surface area contributed by atoms with E-state index in [0.29, 0.717) is 16.6 Å². The predicted octanol–water partition coefficient (Wildman–Crippen LogP) is 2.99. The monoisotopic (exact) mass is 357 g/mol. The van der Waals surface area contributed by atoms with Crippen molar-refractivity contribution < 1.29 is 18.7 Å². The minimum Gasteiger partial charge on any atom is -0.387 e. The molecule has 1 unspecified atom stereocenters. The molecule has 0 aliphatic rings. The lowest BCUT2D eigenvalue weighted by molar-refractivity contribution is 0.0916. The molecule has 1 heterocycles.